The van der Waals surface area contributed by atoms with Gasteiger partial charge in [0.25, 0.3) is 0 Å². The summed E-state index contributed by atoms with van der Waals surface area (Å²) in [6.07, 6.45) is -0.155. The van der Waals surface area contributed by atoms with Crippen molar-refractivity contribution in [2.75, 3.05) is 6.54 Å². The van der Waals surface area contributed by atoms with Crippen molar-refractivity contribution in [1.82, 2.24) is 0 Å². The van der Waals surface area contributed by atoms with Crippen molar-refractivity contribution in [2.24, 2.45) is 5.73 Å². The smallest absolute Gasteiger partial charge is 0.319 e. The van der Waals surface area contributed by atoms with Crippen LogP contribution in [0.25, 0.3) is 0 Å². The van der Waals surface area contributed by atoms with E-state index in [9.17, 15) is 4.79 Å². The molecule has 0 aliphatic carbocycles. The van der Waals surface area contributed by atoms with Gasteiger partial charge >= 0.3 is 5.97 Å². The third-order valence-corrected chi connectivity index (χ3v) is 2.87. The molecule has 88 valence electrons. The topological polar surface area (TPSA) is 52.3 Å². The lowest BCUT2D eigenvalue weighted by atomic mass is 9.92. The molecule has 1 aromatic rings. The number of ether oxygens (including phenoxy) is 1. The lowest BCUT2D eigenvalue weighted by Gasteiger charge is -2.22. The van der Waals surface area contributed by atoms with Gasteiger partial charge in [-0.15, -0.1) is 0 Å². The van der Waals surface area contributed by atoms with Gasteiger partial charge in [0.05, 0.1) is 6.54 Å². The number of carbonyl (C=O) groups is 1. The van der Waals surface area contributed by atoms with Crippen molar-refractivity contribution >= 4 is 5.97 Å². The molecule has 0 bridgehead atoms. The van der Waals surface area contributed by atoms with Crippen molar-refractivity contribution in [2.45, 2.75) is 32.8 Å². The number of hydrogen-bond donors (Lipinski definition) is 1. The predicted octanol–water partition coefficient (Wildman–Crippen LogP) is 1.99. The monoisotopic (exact) mass is 221 g/mol. The Bertz CT molecular complexity index is 363. The lowest BCUT2D eigenvalue weighted by Crippen LogP contribution is -2.25. The van der Waals surface area contributed by atoms with E-state index in [-0.39, 0.29) is 24.5 Å². The summed E-state index contributed by atoms with van der Waals surface area (Å²) in [6.45, 7) is 5.94. The molecule has 1 rings (SSSR count). The van der Waals surface area contributed by atoms with Crippen LogP contribution < -0.4 is 5.73 Å². The minimum Gasteiger partial charge on any atom is -0.461 e. The van der Waals surface area contributed by atoms with Crippen LogP contribution in [0.3, 0.4) is 0 Å². The first-order chi connectivity index (χ1) is 7.56. The van der Waals surface area contributed by atoms with Gasteiger partial charge in [0.1, 0.15) is 6.10 Å². The van der Waals surface area contributed by atoms with E-state index >= 15 is 0 Å². The minimum atomic E-state index is -0.354. The number of esters is 1. The Hall–Kier alpha value is -1.35. The van der Waals surface area contributed by atoms with Gasteiger partial charge in [0, 0.05) is 5.92 Å². The molecule has 0 aliphatic rings. The minimum absolute atomic E-state index is 0.0647. The summed E-state index contributed by atoms with van der Waals surface area (Å²) in [4.78, 5) is 11.1. The van der Waals surface area contributed by atoms with Crippen molar-refractivity contribution in [3.63, 3.8) is 0 Å². The molecule has 0 unspecified atom stereocenters. The summed E-state index contributed by atoms with van der Waals surface area (Å²) in [5.41, 5.74) is 7.64. The Labute approximate surface area is 96.6 Å². The third kappa shape index (κ3) is 3.07. The second-order valence-corrected chi connectivity index (χ2v) is 4.04. The molecule has 3 heteroatoms. The van der Waals surface area contributed by atoms with Crippen LogP contribution in [0.2, 0.25) is 0 Å². The largest absolute Gasteiger partial charge is 0.461 e. The van der Waals surface area contributed by atoms with Crippen molar-refractivity contribution in [3.8, 4) is 0 Å². The molecular weight excluding hydrogens is 202 g/mol. The molecule has 0 aliphatic heterocycles. The number of carbonyl (C=O) groups excluding carboxylic acids is 1. The number of benzene rings is 1. The molecule has 1 aromatic carbocycles. The van der Waals surface area contributed by atoms with Crippen LogP contribution in [0.1, 0.15) is 30.9 Å². The van der Waals surface area contributed by atoms with Crippen LogP contribution in [0.5, 0.6) is 0 Å². The molecule has 3 nitrogen and oxygen atoms in total. The molecule has 0 saturated heterocycles. The average Bonchev–Trinajstić information content (AvgIpc) is 2.28. The lowest BCUT2D eigenvalue weighted by molar-refractivity contribution is -0.147. The van der Waals surface area contributed by atoms with Gasteiger partial charge in [-0.1, -0.05) is 31.2 Å². The second kappa shape index (κ2) is 5.66. The first kappa shape index (κ1) is 12.7. The second-order valence-electron chi connectivity index (χ2n) is 4.04. The van der Waals surface area contributed by atoms with Crippen molar-refractivity contribution in [3.05, 3.63) is 35.4 Å². The van der Waals surface area contributed by atoms with Gasteiger partial charge in [-0.2, -0.15) is 0 Å². The first-order valence-electron chi connectivity index (χ1n) is 5.51. The first-order valence-corrected chi connectivity index (χ1v) is 5.51. The fourth-order valence-electron chi connectivity index (χ4n) is 1.71. The van der Waals surface area contributed by atoms with E-state index in [2.05, 4.69) is 26.0 Å². The van der Waals surface area contributed by atoms with Crippen molar-refractivity contribution in [1.29, 1.82) is 0 Å². The average molecular weight is 221 g/mol. The van der Waals surface area contributed by atoms with E-state index in [0.717, 1.165) is 0 Å². The normalized spacial score (nSPS) is 14.2. The maximum absolute atomic E-state index is 11.1. The fraction of sp³-hybridized carbons (Fsp3) is 0.462. The standard InChI is InChI=1S/C13H19NO2/c1-9-6-4-5-7-12(9)10(2)11(3)16-13(15)8-14/h4-7,10-11H,8,14H2,1-3H3/t10-,11-/m0/s1. The molecule has 0 aromatic heterocycles. The molecule has 2 N–H and O–H groups in total. The van der Waals surface area contributed by atoms with Gasteiger partial charge in [0.15, 0.2) is 0 Å². The molecule has 0 saturated carbocycles. The summed E-state index contributed by atoms with van der Waals surface area (Å²) < 4.78 is 5.21. The van der Waals surface area contributed by atoms with E-state index in [1.807, 2.05) is 19.1 Å². The molecule has 0 spiro atoms. The maximum Gasteiger partial charge on any atom is 0.319 e. The van der Waals surface area contributed by atoms with Crippen LogP contribution in [0, 0.1) is 6.92 Å². The van der Waals surface area contributed by atoms with E-state index < -0.39 is 0 Å². The van der Waals surface area contributed by atoms with E-state index in [1.54, 1.807) is 0 Å². The van der Waals surface area contributed by atoms with E-state index in [4.69, 9.17) is 10.5 Å². The van der Waals surface area contributed by atoms with E-state index in [1.165, 1.54) is 11.1 Å². The predicted molar refractivity (Wildman–Crippen MR) is 64.2 cm³/mol. The van der Waals surface area contributed by atoms with Crippen LogP contribution in [0.15, 0.2) is 24.3 Å². The Morgan fingerprint density at radius 1 is 1.38 bits per heavy atom. The highest BCUT2D eigenvalue weighted by atomic mass is 16.5. The Morgan fingerprint density at radius 3 is 2.56 bits per heavy atom. The van der Waals surface area contributed by atoms with Gasteiger partial charge in [-0.25, -0.2) is 0 Å². The van der Waals surface area contributed by atoms with Crippen LogP contribution in [0.4, 0.5) is 0 Å². The zero-order chi connectivity index (χ0) is 12.1. The zero-order valence-electron chi connectivity index (χ0n) is 10.1. The third-order valence-electron chi connectivity index (χ3n) is 2.87. The Morgan fingerprint density at radius 2 is 2.00 bits per heavy atom. The van der Waals surface area contributed by atoms with Crippen LogP contribution >= 0.6 is 0 Å². The molecule has 0 amide bonds. The quantitative estimate of drug-likeness (QED) is 0.791. The summed E-state index contributed by atoms with van der Waals surface area (Å²) in [5.74, 6) is -0.176. The maximum atomic E-state index is 11.1. The van der Waals surface area contributed by atoms with Gasteiger partial charge in [-0.05, 0) is 25.0 Å². The SMILES string of the molecule is Cc1ccccc1[C@@H](C)[C@H](C)OC(=O)CN. The summed E-state index contributed by atoms with van der Waals surface area (Å²) in [6, 6.07) is 8.12. The number of nitrogens with two attached hydrogens (primary N) is 1. The van der Waals surface area contributed by atoms with Crippen molar-refractivity contribution < 1.29 is 9.53 Å². The molecule has 0 fully saturated rings. The number of hydrogen-bond acceptors (Lipinski definition) is 3. The van der Waals surface area contributed by atoms with E-state index in [0.29, 0.717) is 0 Å². The van der Waals surface area contributed by atoms with Gasteiger partial charge < -0.3 is 10.5 Å². The molecule has 2 atom stereocenters. The molecule has 0 heterocycles. The number of rotatable bonds is 4. The highest BCUT2D eigenvalue weighted by molar-refractivity contribution is 5.71. The highest BCUT2D eigenvalue weighted by Gasteiger charge is 2.18. The highest BCUT2D eigenvalue weighted by Crippen LogP contribution is 2.24. The summed E-state index contributed by atoms with van der Waals surface area (Å²) in [7, 11) is 0. The Balaban J connectivity index is 2.74. The molecule has 0 radical (unpaired) electrons. The zero-order valence-corrected chi connectivity index (χ0v) is 10.1. The van der Waals surface area contributed by atoms with Crippen LogP contribution in [-0.2, 0) is 9.53 Å². The number of aryl methyl sites for hydroxylation is 1. The molecular formula is C13H19NO2. The summed E-state index contributed by atoms with van der Waals surface area (Å²) in [5, 5.41) is 0. The fourth-order valence-corrected chi connectivity index (χ4v) is 1.71. The summed E-state index contributed by atoms with van der Waals surface area (Å²) >= 11 is 0. The van der Waals surface area contributed by atoms with Gasteiger partial charge in [0.2, 0.25) is 0 Å². The van der Waals surface area contributed by atoms with Crippen LogP contribution in [-0.4, -0.2) is 18.6 Å². The molecule has 16 heavy (non-hydrogen) atoms. The van der Waals surface area contributed by atoms with Gasteiger partial charge in [-0.3, -0.25) is 4.79 Å². The Kier molecular flexibility index (Phi) is 4.50.